The molecular weight excluding hydrogens is 372 g/mol. The lowest BCUT2D eigenvalue weighted by atomic mass is 9.63. The lowest BCUT2D eigenvalue weighted by molar-refractivity contribution is -0.104. The van der Waals surface area contributed by atoms with Gasteiger partial charge in [-0.2, -0.15) is 0 Å². The predicted octanol–water partition coefficient (Wildman–Crippen LogP) is 5.96. The first-order chi connectivity index (χ1) is 14.1. The molecule has 0 bridgehead atoms. The highest BCUT2D eigenvalue weighted by atomic mass is 16.6. The number of carbonyl (C=O) groups is 1. The Morgan fingerprint density at radius 1 is 0.833 bits per heavy atom. The van der Waals surface area contributed by atoms with Crippen molar-refractivity contribution in [1.29, 1.82) is 0 Å². The van der Waals surface area contributed by atoms with E-state index in [1.54, 1.807) is 6.08 Å². The maximum atomic E-state index is 10.3. The summed E-state index contributed by atoms with van der Waals surface area (Å²) < 4.78 is 6.19. The molecule has 0 aromatic rings. The van der Waals surface area contributed by atoms with Crippen LogP contribution in [0.4, 0.5) is 0 Å². The highest BCUT2D eigenvalue weighted by molar-refractivity contribution is 5.65. The van der Waals surface area contributed by atoms with Crippen molar-refractivity contribution in [2.45, 2.75) is 71.7 Å². The zero-order valence-electron chi connectivity index (χ0n) is 19.2. The van der Waals surface area contributed by atoms with Gasteiger partial charge in [-0.15, -0.1) is 0 Å². The molecule has 3 unspecified atom stereocenters. The molecule has 3 atom stereocenters. The van der Waals surface area contributed by atoms with Gasteiger partial charge in [-0.1, -0.05) is 85.3 Å². The second kappa shape index (κ2) is 9.72. The Morgan fingerprint density at radius 3 is 1.93 bits per heavy atom. The van der Waals surface area contributed by atoms with Crippen molar-refractivity contribution in [2.75, 3.05) is 0 Å². The Kier molecular flexibility index (Phi) is 7.79. The van der Waals surface area contributed by atoms with Gasteiger partial charge < -0.3 is 9.84 Å². The van der Waals surface area contributed by atoms with Crippen LogP contribution in [-0.4, -0.2) is 28.7 Å². The fourth-order valence-electron chi connectivity index (χ4n) is 4.45. The fraction of sp³-hybridized carbons (Fsp3) is 0.444. The molecule has 2 rings (SSSR count). The van der Waals surface area contributed by atoms with Crippen molar-refractivity contribution in [3.63, 3.8) is 0 Å². The molecule has 0 radical (unpaired) electrons. The normalized spacial score (nSPS) is 32.5. The standard InChI is InChI=1S/C27H36O3/c1-21(11-7-8-12-22(2)15-10-18-28)13-9-14-23(3)16-17-27-25(4,5)19-24(29)20-26(27,6)30-27/h7-18,24,29H,19-20H2,1-6H3/b8-7+,13-9+,15-10?,17-16+,21-11+,22-12?,23-14+. The molecule has 1 heterocycles. The molecule has 1 aliphatic heterocycles. The van der Waals surface area contributed by atoms with Crippen LogP contribution in [0.5, 0.6) is 0 Å². The predicted molar refractivity (Wildman–Crippen MR) is 125 cm³/mol. The van der Waals surface area contributed by atoms with E-state index in [2.05, 4.69) is 58.9 Å². The molecule has 2 fully saturated rings. The van der Waals surface area contributed by atoms with Crippen LogP contribution in [0, 0.1) is 5.41 Å². The lowest BCUT2D eigenvalue weighted by Crippen LogP contribution is -2.46. The third-order valence-electron chi connectivity index (χ3n) is 6.07. The van der Waals surface area contributed by atoms with Crippen LogP contribution in [0.25, 0.3) is 0 Å². The number of epoxide rings is 1. The zero-order chi connectivity index (χ0) is 22.4. The molecule has 0 aromatic carbocycles. The highest BCUT2D eigenvalue weighted by Crippen LogP contribution is 2.66. The summed E-state index contributed by atoms with van der Waals surface area (Å²) in [4.78, 5) is 10.3. The molecule has 1 saturated heterocycles. The van der Waals surface area contributed by atoms with Gasteiger partial charge in [0, 0.05) is 11.8 Å². The van der Waals surface area contributed by atoms with Gasteiger partial charge in [-0.05, 0) is 46.3 Å². The third-order valence-corrected chi connectivity index (χ3v) is 6.07. The van der Waals surface area contributed by atoms with Crippen LogP contribution in [0.1, 0.15) is 54.4 Å². The number of ether oxygens (including phenoxy) is 1. The Morgan fingerprint density at radius 2 is 1.37 bits per heavy atom. The van der Waals surface area contributed by atoms with Gasteiger partial charge in [0.05, 0.1) is 6.10 Å². The fourth-order valence-corrected chi connectivity index (χ4v) is 4.45. The minimum atomic E-state index is -0.287. The largest absolute Gasteiger partial charge is 0.393 e. The quantitative estimate of drug-likeness (QED) is 0.233. The van der Waals surface area contributed by atoms with Gasteiger partial charge >= 0.3 is 0 Å². The van der Waals surface area contributed by atoms with Gasteiger partial charge in [-0.25, -0.2) is 0 Å². The van der Waals surface area contributed by atoms with E-state index in [4.69, 9.17) is 4.74 Å². The van der Waals surface area contributed by atoms with E-state index in [-0.39, 0.29) is 22.7 Å². The van der Waals surface area contributed by atoms with E-state index in [1.165, 1.54) is 6.08 Å². The smallest absolute Gasteiger partial charge is 0.142 e. The summed E-state index contributed by atoms with van der Waals surface area (Å²) in [5, 5.41) is 10.2. The van der Waals surface area contributed by atoms with E-state index in [9.17, 15) is 9.90 Å². The summed E-state index contributed by atoms with van der Waals surface area (Å²) in [5.74, 6) is 0. The Hall–Kier alpha value is -2.23. The van der Waals surface area contributed by atoms with Gasteiger partial charge in [0.25, 0.3) is 0 Å². The van der Waals surface area contributed by atoms with Crippen LogP contribution >= 0.6 is 0 Å². The van der Waals surface area contributed by atoms with E-state index < -0.39 is 0 Å². The van der Waals surface area contributed by atoms with Gasteiger partial charge in [-0.3, -0.25) is 4.79 Å². The number of allylic oxidation sites excluding steroid dienone is 13. The Balaban J connectivity index is 1.96. The van der Waals surface area contributed by atoms with Crippen molar-refractivity contribution in [3.05, 3.63) is 83.6 Å². The summed E-state index contributed by atoms with van der Waals surface area (Å²) in [6.45, 7) is 12.6. The SMILES string of the molecule is CC(C=CC=O)=C/C=C/C=C(C)/C=C/C=C(C)/C=C/C12OC1(C)CC(O)CC2(C)C. The third kappa shape index (κ3) is 5.68. The van der Waals surface area contributed by atoms with E-state index in [0.29, 0.717) is 6.42 Å². The molecule has 0 amide bonds. The summed E-state index contributed by atoms with van der Waals surface area (Å²) >= 11 is 0. The van der Waals surface area contributed by atoms with Crippen molar-refractivity contribution in [2.24, 2.45) is 5.41 Å². The average molecular weight is 409 g/mol. The van der Waals surface area contributed by atoms with Crippen LogP contribution in [-0.2, 0) is 9.53 Å². The van der Waals surface area contributed by atoms with Crippen molar-refractivity contribution in [1.82, 2.24) is 0 Å². The van der Waals surface area contributed by atoms with Crippen LogP contribution in [0.2, 0.25) is 0 Å². The van der Waals surface area contributed by atoms with Crippen LogP contribution < -0.4 is 0 Å². The molecule has 1 N–H and O–H groups in total. The van der Waals surface area contributed by atoms with Gasteiger partial charge in [0.15, 0.2) is 0 Å². The first-order valence-electron chi connectivity index (χ1n) is 10.6. The number of hydrogen-bond donors (Lipinski definition) is 1. The Bertz CT molecular complexity index is 847. The molecule has 30 heavy (non-hydrogen) atoms. The minimum absolute atomic E-state index is 0.0898. The van der Waals surface area contributed by atoms with E-state index in [1.807, 2.05) is 37.3 Å². The first-order valence-corrected chi connectivity index (χ1v) is 10.6. The van der Waals surface area contributed by atoms with Crippen molar-refractivity contribution in [3.8, 4) is 0 Å². The molecule has 3 nitrogen and oxygen atoms in total. The maximum absolute atomic E-state index is 10.3. The first kappa shape index (κ1) is 24.0. The monoisotopic (exact) mass is 408 g/mol. The summed E-state index contributed by atoms with van der Waals surface area (Å²) in [7, 11) is 0. The maximum Gasteiger partial charge on any atom is 0.142 e. The molecule has 1 saturated carbocycles. The molecule has 162 valence electrons. The summed E-state index contributed by atoms with van der Waals surface area (Å²) in [5.41, 5.74) is 2.69. The summed E-state index contributed by atoms with van der Waals surface area (Å²) in [6.07, 6.45) is 23.7. The number of fused-ring (bicyclic) bond motifs is 1. The van der Waals surface area contributed by atoms with Crippen molar-refractivity contribution >= 4 is 6.29 Å². The van der Waals surface area contributed by atoms with E-state index >= 15 is 0 Å². The lowest BCUT2D eigenvalue weighted by Gasteiger charge is -2.39. The second-order valence-electron chi connectivity index (χ2n) is 9.32. The number of aliphatic hydroxyl groups excluding tert-OH is 1. The molecule has 2 aliphatic rings. The van der Waals surface area contributed by atoms with E-state index in [0.717, 1.165) is 29.4 Å². The average Bonchev–Trinajstić information content (AvgIpc) is 3.27. The van der Waals surface area contributed by atoms with Crippen LogP contribution in [0.3, 0.4) is 0 Å². The number of rotatable bonds is 8. The topological polar surface area (TPSA) is 49.8 Å². The molecule has 3 heteroatoms. The van der Waals surface area contributed by atoms with Crippen LogP contribution in [0.15, 0.2) is 83.6 Å². The number of aliphatic hydroxyl groups is 1. The number of hydrogen-bond acceptors (Lipinski definition) is 3. The molecular formula is C27H36O3. The molecule has 0 aromatic heterocycles. The number of aldehydes is 1. The zero-order valence-corrected chi connectivity index (χ0v) is 19.2. The minimum Gasteiger partial charge on any atom is -0.393 e. The Labute approximate surface area is 181 Å². The second-order valence-corrected chi connectivity index (χ2v) is 9.32. The molecule has 1 aliphatic carbocycles. The molecule has 0 spiro atoms. The van der Waals surface area contributed by atoms with Gasteiger partial charge in [0.1, 0.15) is 17.5 Å². The van der Waals surface area contributed by atoms with Crippen molar-refractivity contribution < 1.29 is 14.6 Å². The number of carbonyl (C=O) groups excluding carboxylic acids is 1. The highest BCUT2D eigenvalue weighted by Gasteiger charge is 2.74. The summed E-state index contributed by atoms with van der Waals surface area (Å²) in [6, 6.07) is 0. The van der Waals surface area contributed by atoms with Gasteiger partial charge in [0.2, 0.25) is 0 Å².